The predicted molar refractivity (Wildman–Crippen MR) is 105 cm³/mol. The minimum atomic E-state index is 0.685. The lowest BCUT2D eigenvalue weighted by Crippen LogP contribution is -2.31. The summed E-state index contributed by atoms with van der Waals surface area (Å²) in [7, 11) is 1.98. The second kappa shape index (κ2) is 7.34. The summed E-state index contributed by atoms with van der Waals surface area (Å²) in [6.45, 7) is 1.86. The fourth-order valence-electron chi connectivity index (χ4n) is 3.74. The molecular formula is C19H23ClN4S. The summed E-state index contributed by atoms with van der Waals surface area (Å²) in [5, 5.41) is 1.90. The van der Waals surface area contributed by atoms with Gasteiger partial charge in [-0.2, -0.15) is 4.37 Å². The van der Waals surface area contributed by atoms with Gasteiger partial charge in [-0.3, -0.25) is 0 Å². The smallest absolute Gasteiger partial charge is 0.129 e. The van der Waals surface area contributed by atoms with Gasteiger partial charge in [0.2, 0.25) is 0 Å². The van der Waals surface area contributed by atoms with Crippen LogP contribution in [-0.2, 0) is 13.6 Å². The average molecular weight is 375 g/mol. The summed E-state index contributed by atoms with van der Waals surface area (Å²) >= 11 is 7.74. The molecule has 0 atom stereocenters. The molecule has 1 aromatic carbocycles. The third-order valence-corrected chi connectivity index (χ3v) is 6.40. The van der Waals surface area contributed by atoms with Crippen molar-refractivity contribution in [2.24, 2.45) is 13.0 Å². The summed E-state index contributed by atoms with van der Waals surface area (Å²) in [5.41, 5.74) is 1.25. The number of hydrogen-bond acceptors (Lipinski definition) is 4. The van der Waals surface area contributed by atoms with Gasteiger partial charge >= 0.3 is 0 Å². The first kappa shape index (κ1) is 16.9. The van der Waals surface area contributed by atoms with E-state index in [4.69, 9.17) is 11.6 Å². The molecule has 6 heteroatoms. The van der Waals surface area contributed by atoms with E-state index in [9.17, 15) is 0 Å². The third-order valence-electron chi connectivity index (χ3n) is 5.26. The normalized spacial score (nSPS) is 15.8. The van der Waals surface area contributed by atoms with Crippen molar-refractivity contribution < 1.29 is 0 Å². The molecule has 0 N–H and O–H groups in total. The molecule has 0 saturated heterocycles. The highest BCUT2D eigenvalue weighted by molar-refractivity contribution is 7.13. The van der Waals surface area contributed by atoms with E-state index in [0.29, 0.717) is 5.15 Å². The molecule has 4 rings (SSSR count). The Labute approximate surface area is 157 Å². The molecule has 4 nitrogen and oxygen atoms in total. The molecule has 0 bridgehead atoms. The Hall–Kier alpha value is -1.59. The van der Waals surface area contributed by atoms with Crippen LogP contribution in [-0.4, -0.2) is 20.5 Å². The summed E-state index contributed by atoms with van der Waals surface area (Å²) in [5.74, 6) is 1.77. The van der Waals surface area contributed by atoms with Crippen LogP contribution in [0.5, 0.6) is 0 Å². The lowest BCUT2D eigenvalue weighted by atomic mass is 9.89. The van der Waals surface area contributed by atoms with Crippen LogP contribution in [0.1, 0.15) is 37.9 Å². The predicted octanol–water partition coefficient (Wildman–Crippen LogP) is 5.27. The highest BCUT2D eigenvalue weighted by Gasteiger charge is 2.20. The summed E-state index contributed by atoms with van der Waals surface area (Å²) in [6, 6.07) is 6.65. The van der Waals surface area contributed by atoms with Gasteiger partial charge in [0.1, 0.15) is 11.0 Å². The number of halogens is 1. The van der Waals surface area contributed by atoms with Gasteiger partial charge in [-0.1, -0.05) is 30.9 Å². The maximum absolute atomic E-state index is 6.19. The zero-order chi connectivity index (χ0) is 17.2. The molecule has 0 unspecified atom stereocenters. The largest absolute Gasteiger partial charge is 0.364 e. The molecular weight excluding hydrogens is 352 g/mol. The van der Waals surface area contributed by atoms with Crippen LogP contribution in [0.25, 0.3) is 10.1 Å². The van der Waals surface area contributed by atoms with Crippen LogP contribution in [0.15, 0.2) is 30.6 Å². The summed E-state index contributed by atoms with van der Waals surface area (Å²) in [6.07, 6.45) is 10.5. The fourth-order valence-corrected chi connectivity index (χ4v) is 4.51. The number of anilines is 1. The van der Waals surface area contributed by atoms with E-state index >= 15 is 0 Å². The average Bonchev–Trinajstić information content (AvgIpc) is 3.23. The van der Waals surface area contributed by atoms with Crippen molar-refractivity contribution in [1.82, 2.24) is 13.9 Å². The van der Waals surface area contributed by atoms with Crippen LogP contribution < -0.4 is 4.90 Å². The van der Waals surface area contributed by atoms with Crippen molar-refractivity contribution in [2.75, 3.05) is 11.4 Å². The quantitative estimate of drug-likeness (QED) is 0.610. The molecule has 2 heterocycles. The van der Waals surface area contributed by atoms with Crippen LogP contribution >= 0.6 is 23.1 Å². The van der Waals surface area contributed by atoms with Gasteiger partial charge in [0, 0.05) is 30.9 Å². The van der Waals surface area contributed by atoms with Crippen molar-refractivity contribution in [3.05, 3.63) is 41.6 Å². The van der Waals surface area contributed by atoms with E-state index in [2.05, 4.69) is 32.5 Å². The minimum absolute atomic E-state index is 0.685. The van der Waals surface area contributed by atoms with Crippen molar-refractivity contribution in [1.29, 1.82) is 0 Å². The van der Waals surface area contributed by atoms with E-state index in [-0.39, 0.29) is 0 Å². The Bertz CT molecular complexity index is 850. The van der Waals surface area contributed by atoms with Gasteiger partial charge < -0.3 is 9.47 Å². The van der Waals surface area contributed by atoms with E-state index in [1.807, 2.05) is 17.8 Å². The molecule has 25 heavy (non-hydrogen) atoms. The zero-order valence-electron chi connectivity index (χ0n) is 14.5. The van der Waals surface area contributed by atoms with Crippen molar-refractivity contribution in [3.63, 3.8) is 0 Å². The molecule has 1 aliphatic carbocycles. The summed E-state index contributed by atoms with van der Waals surface area (Å²) in [4.78, 5) is 6.97. The lowest BCUT2D eigenvalue weighted by Gasteiger charge is -2.31. The van der Waals surface area contributed by atoms with Gasteiger partial charge in [0.05, 0.1) is 17.4 Å². The van der Waals surface area contributed by atoms with Crippen LogP contribution in [0.3, 0.4) is 0 Å². The standard InChI is InChI=1S/C19H23ClN4S/c1-23-18(20)11-21-19(23)13-24(12-14-5-3-2-4-6-14)16-7-8-17-15(9-16)10-22-25-17/h7-11,14H,2-6,12-13H2,1H3. The second-order valence-corrected chi connectivity index (χ2v) is 8.21. The number of aromatic nitrogens is 3. The lowest BCUT2D eigenvalue weighted by molar-refractivity contribution is 0.356. The van der Waals surface area contributed by atoms with Crippen molar-refractivity contribution in [2.45, 2.75) is 38.6 Å². The first-order valence-electron chi connectivity index (χ1n) is 8.96. The SMILES string of the molecule is Cn1c(Cl)cnc1CN(CC1CCCCC1)c1ccc2sncc2c1. The first-order valence-corrected chi connectivity index (χ1v) is 10.1. The van der Waals surface area contributed by atoms with Gasteiger partial charge in [-0.15, -0.1) is 0 Å². The minimum Gasteiger partial charge on any atom is -0.364 e. The van der Waals surface area contributed by atoms with Crippen molar-refractivity contribution >= 4 is 38.9 Å². The first-order chi connectivity index (χ1) is 12.2. The Morgan fingerprint density at radius 1 is 1.24 bits per heavy atom. The van der Waals surface area contributed by atoms with Gasteiger partial charge in [-0.05, 0) is 48.5 Å². The molecule has 1 aliphatic rings. The Morgan fingerprint density at radius 2 is 2.08 bits per heavy atom. The number of rotatable bonds is 5. The summed E-state index contributed by atoms with van der Waals surface area (Å²) < 4.78 is 7.52. The number of imidazole rings is 1. The second-order valence-electron chi connectivity index (χ2n) is 6.99. The zero-order valence-corrected chi connectivity index (χ0v) is 16.1. The van der Waals surface area contributed by atoms with E-state index < -0.39 is 0 Å². The van der Waals surface area contributed by atoms with Crippen LogP contribution in [0.4, 0.5) is 5.69 Å². The van der Waals surface area contributed by atoms with Gasteiger partial charge in [-0.25, -0.2) is 4.98 Å². The number of fused-ring (bicyclic) bond motifs is 1. The highest BCUT2D eigenvalue weighted by atomic mass is 35.5. The molecule has 132 valence electrons. The maximum atomic E-state index is 6.19. The van der Waals surface area contributed by atoms with E-state index in [0.717, 1.165) is 24.8 Å². The molecule has 2 aromatic heterocycles. The number of hydrogen-bond donors (Lipinski definition) is 0. The van der Waals surface area contributed by atoms with Gasteiger partial charge in [0.25, 0.3) is 0 Å². The molecule has 0 aliphatic heterocycles. The van der Waals surface area contributed by atoms with Crippen molar-refractivity contribution in [3.8, 4) is 0 Å². The van der Waals surface area contributed by atoms with Crippen LogP contribution in [0, 0.1) is 5.92 Å². The molecule has 3 aromatic rings. The van der Waals surface area contributed by atoms with E-state index in [1.165, 1.54) is 47.9 Å². The Balaban J connectivity index is 1.62. The maximum Gasteiger partial charge on any atom is 0.129 e. The third kappa shape index (κ3) is 3.67. The Morgan fingerprint density at radius 3 is 2.84 bits per heavy atom. The Kier molecular flexibility index (Phi) is 4.95. The number of nitrogens with zero attached hydrogens (tertiary/aromatic N) is 4. The van der Waals surface area contributed by atoms with E-state index in [1.54, 1.807) is 17.7 Å². The topological polar surface area (TPSA) is 34.0 Å². The highest BCUT2D eigenvalue weighted by Crippen LogP contribution is 2.30. The van der Waals surface area contributed by atoms with Crippen LogP contribution in [0.2, 0.25) is 5.15 Å². The number of benzene rings is 1. The molecule has 1 saturated carbocycles. The molecule has 0 radical (unpaired) electrons. The molecule has 0 spiro atoms. The van der Waals surface area contributed by atoms with Gasteiger partial charge in [0.15, 0.2) is 0 Å². The fraction of sp³-hybridized carbons (Fsp3) is 0.474. The monoisotopic (exact) mass is 374 g/mol. The molecule has 0 amide bonds. The molecule has 1 fully saturated rings.